The lowest BCUT2D eigenvalue weighted by Crippen LogP contribution is -2.38. The molecule has 3 aromatic carbocycles. The predicted molar refractivity (Wildman–Crippen MR) is 109 cm³/mol. The highest BCUT2D eigenvalue weighted by Gasteiger charge is 2.23. The number of esters is 1. The molecule has 144 valence electrons. The molecular weight excluding hydrogens is 364 g/mol. The third kappa shape index (κ3) is 5.08. The Kier molecular flexibility index (Phi) is 6.39. The van der Waals surface area contributed by atoms with Gasteiger partial charge in [-0.1, -0.05) is 60.7 Å². The highest BCUT2D eigenvalue weighted by molar-refractivity contribution is 5.92. The van der Waals surface area contributed by atoms with Crippen molar-refractivity contribution < 1.29 is 14.3 Å². The first-order valence-electron chi connectivity index (χ1n) is 9.20. The lowest BCUT2D eigenvalue weighted by molar-refractivity contribution is -0.129. The Balaban J connectivity index is 1.72. The summed E-state index contributed by atoms with van der Waals surface area (Å²) < 4.78 is 5.31. The maximum atomic E-state index is 12.7. The molecule has 0 fully saturated rings. The highest BCUT2D eigenvalue weighted by Crippen LogP contribution is 2.22. The van der Waals surface area contributed by atoms with Crippen LogP contribution < -0.4 is 5.32 Å². The fourth-order valence-electron chi connectivity index (χ4n) is 2.87. The molecule has 0 bridgehead atoms. The van der Waals surface area contributed by atoms with Crippen LogP contribution in [0.3, 0.4) is 0 Å². The summed E-state index contributed by atoms with van der Waals surface area (Å²) in [6, 6.07) is 26.9. The van der Waals surface area contributed by atoms with Crippen molar-refractivity contribution >= 4 is 11.9 Å². The standard InChI is InChI=1S/C24H20N2O3/c1-17(29-24(28)21-14-12-18(16-25)13-15-21)23(27)26-22(19-8-4-2-5-9-19)20-10-6-3-7-11-20/h2-15,17,22H,1H3,(H,26,27)/t17-/m0/s1. The van der Waals surface area contributed by atoms with E-state index in [9.17, 15) is 9.59 Å². The van der Waals surface area contributed by atoms with E-state index in [0.29, 0.717) is 5.56 Å². The zero-order valence-corrected chi connectivity index (χ0v) is 15.9. The first kappa shape index (κ1) is 19.8. The molecule has 0 radical (unpaired) electrons. The number of nitrogens with one attached hydrogen (secondary N) is 1. The molecule has 0 saturated carbocycles. The van der Waals surface area contributed by atoms with Crippen LogP contribution in [0.15, 0.2) is 84.9 Å². The van der Waals surface area contributed by atoms with Gasteiger partial charge in [0.25, 0.3) is 5.91 Å². The van der Waals surface area contributed by atoms with Crippen LogP contribution in [0.5, 0.6) is 0 Å². The van der Waals surface area contributed by atoms with Crippen LogP contribution >= 0.6 is 0 Å². The minimum absolute atomic E-state index is 0.284. The van der Waals surface area contributed by atoms with Gasteiger partial charge in [0.05, 0.1) is 23.2 Å². The van der Waals surface area contributed by atoms with Gasteiger partial charge in [-0.3, -0.25) is 4.79 Å². The fraction of sp³-hybridized carbons (Fsp3) is 0.125. The maximum Gasteiger partial charge on any atom is 0.338 e. The topological polar surface area (TPSA) is 79.2 Å². The molecule has 0 unspecified atom stereocenters. The normalized spacial score (nSPS) is 11.3. The van der Waals surface area contributed by atoms with E-state index in [0.717, 1.165) is 11.1 Å². The number of nitriles is 1. The Morgan fingerprint density at radius 1 is 0.862 bits per heavy atom. The molecule has 0 aliphatic heterocycles. The summed E-state index contributed by atoms with van der Waals surface area (Å²) in [5.74, 6) is -1.02. The van der Waals surface area contributed by atoms with Gasteiger partial charge in [-0.2, -0.15) is 5.26 Å². The first-order chi connectivity index (χ1) is 14.1. The van der Waals surface area contributed by atoms with Crippen LogP contribution in [-0.2, 0) is 9.53 Å². The lowest BCUT2D eigenvalue weighted by atomic mass is 9.98. The number of nitrogens with zero attached hydrogens (tertiary/aromatic N) is 1. The van der Waals surface area contributed by atoms with Crippen molar-refractivity contribution in [2.45, 2.75) is 19.1 Å². The number of amides is 1. The van der Waals surface area contributed by atoms with Crippen molar-refractivity contribution in [3.8, 4) is 6.07 Å². The zero-order chi connectivity index (χ0) is 20.6. The second-order valence-electron chi connectivity index (χ2n) is 6.50. The third-order valence-electron chi connectivity index (χ3n) is 4.46. The molecule has 5 nitrogen and oxygen atoms in total. The molecule has 29 heavy (non-hydrogen) atoms. The van der Waals surface area contributed by atoms with Crippen molar-refractivity contribution in [2.75, 3.05) is 0 Å². The summed E-state index contributed by atoms with van der Waals surface area (Å²) in [5, 5.41) is 11.8. The van der Waals surface area contributed by atoms with Crippen molar-refractivity contribution in [3.05, 3.63) is 107 Å². The number of benzene rings is 3. The molecule has 0 aromatic heterocycles. The quantitative estimate of drug-likeness (QED) is 0.651. The molecule has 1 amide bonds. The molecule has 1 atom stereocenters. The van der Waals surface area contributed by atoms with Crippen molar-refractivity contribution in [2.24, 2.45) is 0 Å². The third-order valence-corrected chi connectivity index (χ3v) is 4.46. The van der Waals surface area contributed by atoms with Crippen LogP contribution in [0, 0.1) is 11.3 Å². The molecule has 0 saturated heterocycles. The summed E-state index contributed by atoms with van der Waals surface area (Å²) in [7, 11) is 0. The van der Waals surface area contributed by atoms with Crippen LogP contribution in [0.2, 0.25) is 0 Å². The minimum Gasteiger partial charge on any atom is -0.449 e. The van der Waals surface area contributed by atoms with Crippen LogP contribution in [0.1, 0.15) is 40.0 Å². The monoisotopic (exact) mass is 384 g/mol. The average Bonchev–Trinajstić information content (AvgIpc) is 2.78. The first-order valence-corrected chi connectivity index (χ1v) is 9.20. The van der Waals surface area contributed by atoms with E-state index in [4.69, 9.17) is 10.00 Å². The van der Waals surface area contributed by atoms with Gasteiger partial charge >= 0.3 is 5.97 Å². The molecule has 0 aliphatic carbocycles. The summed E-state index contributed by atoms with van der Waals surface area (Å²) in [6.07, 6.45) is -0.979. The van der Waals surface area contributed by atoms with E-state index in [-0.39, 0.29) is 11.6 Å². The number of carbonyl (C=O) groups excluding carboxylic acids is 2. The Labute approximate surface area is 169 Å². The Hall–Kier alpha value is -3.91. The number of rotatable bonds is 6. The van der Waals surface area contributed by atoms with E-state index in [1.54, 1.807) is 0 Å². The highest BCUT2D eigenvalue weighted by atomic mass is 16.5. The van der Waals surface area contributed by atoms with Gasteiger partial charge in [0.15, 0.2) is 6.10 Å². The van der Waals surface area contributed by atoms with E-state index in [2.05, 4.69) is 5.32 Å². The number of hydrogen-bond donors (Lipinski definition) is 1. The van der Waals surface area contributed by atoms with Crippen LogP contribution in [0.25, 0.3) is 0 Å². The Morgan fingerprint density at radius 3 is 1.86 bits per heavy atom. The second-order valence-corrected chi connectivity index (χ2v) is 6.50. The lowest BCUT2D eigenvalue weighted by Gasteiger charge is -2.22. The summed E-state index contributed by atoms with van der Waals surface area (Å²) in [5.41, 5.74) is 2.59. The number of carbonyl (C=O) groups is 2. The molecule has 5 heteroatoms. The fourth-order valence-corrected chi connectivity index (χ4v) is 2.87. The second kappa shape index (κ2) is 9.34. The van der Waals surface area contributed by atoms with Crippen molar-refractivity contribution in [1.29, 1.82) is 5.26 Å². The van der Waals surface area contributed by atoms with Crippen LogP contribution in [0.4, 0.5) is 0 Å². The minimum atomic E-state index is -0.979. The maximum absolute atomic E-state index is 12.7. The molecular formula is C24H20N2O3. The van der Waals surface area contributed by atoms with E-state index in [1.807, 2.05) is 66.7 Å². The van der Waals surface area contributed by atoms with Crippen LogP contribution in [-0.4, -0.2) is 18.0 Å². The van der Waals surface area contributed by atoms with Gasteiger partial charge in [0.1, 0.15) is 0 Å². The van der Waals surface area contributed by atoms with Gasteiger partial charge in [0, 0.05) is 0 Å². The van der Waals surface area contributed by atoms with Gasteiger partial charge in [-0.05, 0) is 42.3 Å². The van der Waals surface area contributed by atoms with Gasteiger partial charge in [-0.15, -0.1) is 0 Å². The largest absolute Gasteiger partial charge is 0.449 e. The molecule has 3 rings (SSSR count). The average molecular weight is 384 g/mol. The predicted octanol–water partition coefficient (Wildman–Crippen LogP) is 4.01. The van der Waals surface area contributed by atoms with Gasteiger partial charge in [-0.25, -0.2) is 4.79 Å². The summed E-state index contributed by atoms with van der Waals surface area (Å²) >= 11 is 0. The summed E-state index contributed by atoms with van der Waals surface area (Å²) in [4.78, 5) is 25.0. The smallest absolute Gasteiger partial charge is 0.338 e. The SMILES string of the molecule is C[C@H](OC(=O)c1ccc(C#N)cc1)C(=O)NC(c1ccccc1)c1ccccc1. The number of hydrogen-bond acceptors (Lipinski definition) is 4. The Morgan fingerprint density at radius 2 is 1.38 bits per heavy atom. The van der Waals surface area contributed by atoms with Gasteiger partial charge < -0.3 is 10.1 Å². The van der Waals surface area contributed by atoms with E-state index < -0.39 is 18.0 Å². The zero-order valence-electron chi connectivity index (χ0n) is 15.9. The molecule has 3 aromatic rings. The van der Waals surface area contributed by atoms with Gasteiger partial charge in [0.2, 0.25) is 0 Å². The molecule has 0 heterocycles. The molecule has 1 N–H and O–H groups in total. The van der Waals surface area contributed by atoms with Crippen molar-refractivity contribution in [3.63, 3.8) is 0 Å². The molecule has 0 spiro atoms. The number of ether oxygens (including phenoxy) is 1. The Bertz CT molecular complexity index is 970. The molecule has 0 aliphatic rings. The van der Waals surface area contributed by atoms with E-state index in [1.165, 1.54) is 31.2 Å². The van der Waals surface area contributed by atoms with Crippen molar-refractivity contribution in [1.82, 2.24) is 5.32 Å². The summed E-state index contributed by atoms with van der Waals surface area (Å²) in [6.45, 7) is 1.53. The van der Waals surface area contributed by atoms with E-state index >= 15 is 0 Å².